The van der Waals surface area contributed by atoms with Gasteiger partial charge in [0.05, 0.1) is 12.2 Å². The fraction of sp³-hybridized carbons (Fsp3) is 0.167. The van der Waals surface area contributed by atoms with Gasteiger partial charge in [-0.15, -0.1) is 0 Å². The molecule has 2 N–H and O–H groups in total. The molecule has 0 amide bonds. The van der Waals surface area contributed by atoms with E-state index < -0.39 is 34.2 Å². The normalized spacial score (nSPS) is 12.4. The number of carboxylic acid groups (broad SMARTS) is 1. The number of nitrogens with zero attached hydrogens (tertiary/aromatic N) is 2. The Balaban J connectivity index is 2.82. The zero-order valence-corrected chi connectivity index (χ0v) is 11.0. The molecule has 0 spiro atoms. The van der Waals surface area contributed by atoms with Crippen LogP contribution in [0.4, 0.5) is 13.2 Å². The van der Waals surface area contributed by atoms with Crippen molar-refractivity contribution in [3.63, 3.8) is 0 Å². The quantitative estimate of drug-likeness (QED) is 0.912. The number of aliphatic hydroxyl groups excluding tert-OH is 1. The molecule has 112 valence electrons. The number of aliphatic hydroxyl groups is 1. The zero-order chi connectivity index (χ0) is 15.8. The number of aromatic nitrogens is 2. The standard InChI is InChI=1S/C12H8ClF3N2O3/c13-9-8(11(20)21)17-10-7(12(14,15)16)4-6(2-1-3-19)5-18(9)10/h1-2,4-5,19H,3H2,(H,20,21). The first-order valence-electron chi connectivity index (χ1n) is 5.55. The summed E-state index contributed by atoms with van der Waals surface area (Å²) in [5, 5.41) is 17.1. The molecule has 2 heterocycles. The third-order valence-corrected chi connectivity index (χ3v) is 2.97. The Bertz CT molecular complexity index is 737. The third-order valence-electron chi connectivity index (χ3n) is 2.61. The molecule has 0 atom stereocenters. The van der Waals surface area contributed by atoms with Gasteiger partial charge in [0.1, 0.15) is 5.15 Å². The van der Waals surface area contributed by atoms with E-state index in [0.717, 1.165) is 10.5 Å². The number of carboxylic acids is 1. The highest BCUT2D eigenvalue weighted by molar-refractivity contribution is 6.32. The topological polar surface area (TPSA) is 74.8 Å². The van der Waals surface area contributed by atoms with Crippen molar-refractivity contribution >= 4 is 29.3 Å². The maximum absolute atomic E-state index is 13.0. The van der Waals surface area contributed by atoms with Crippen molar-refractivity contribution in [3.8, 4) is 0 Å². The fourth-order valence-corrected chi connectivity index (χ4v) is 2.01. The fourth-order valence-electron chi connectivity index (χ4n) is 1.76. The molecule has 0 aliphatic rings. The second kappa shape index (κ2) is 5.38. The lowest BCUT2D eigenvalue weighted by molar-refractivity contribution is -0.136. The van der Waals surface area contributed by atoms with E-state index in [4.69, 9.17) is 21.8 Å². The molecular weight excluding hydrogens is 313 g/mol. The van der Waals surface area contributed by atoms with Crippen LogP contribution >= 0.6 is 11.6 Å². The molecule has 0 saturated carbocycles. The Morgan fingerprint density at radius 2 is 2.14 bits per heavy atom. The number of hydrogen-bond acceptors (Lipinski definition) is 3. The highest BCUT2D eigenvalue weighted by atomic mass is 35.5. The maximum atomic E-state index is 13.0. The van der Waals surface area contributed by atoms with Crippen molar-refractivity contribution < 1.29 is 28.2 Å². The number of pyridine rings is 1. The summed E-state index contributed by atoms with van der Waals surface area (Å²) in [4.78, 5) is 14.4. The Labute approximate surface area is 120 Å². The van der Waals surface area contributed by atoms with Crippen molar-refractivity contribution in [1.82, 2.24) is 9.38 Å². The molecule has 0 aliphatic carbocycles. The van der Waals surface area contributed by atoms with Gasteiger partial charge in [0.2, 0.25) is 0 Å². The SMILES string of the molecule is O=C(O)c1nc2c(C(F)(F)F)cc(C=CCO)cn2c1Cl. The lowest BCUT2D eigenvalue weighted by atomic mass is 10.1. The van der Waals surface area contributed by atoms with Gasteiger partial charge in [0.25, 0.3) is 0 Å². The molecule has 0 fully saturated rings. The number of hydrogen-bond donors (Lipinski definition) is 2. The molecule has 0 bridgehead atoms. The van der Waals surface area contributed by atoms with Crippen molar-refractivity contribution in [2.45, 2.75) is 6.18 Å². The third kappa shape index (κ3) is 2.86. The predicted molar refractivity (Wildman–Crippen MR) is 68.3 cm³/mol. The van der Waals surface area contributed by atoms with E-state index in [9.17, 15) is 18.0 Å². The van der Waals surface area contributed by atoms with Crippen molar-refractivity contribution in [1.29, 1.82) is 0 Å². The summed E-state index contributed by atoms with van der Waals surface area (Å²) >= 11 is 5.76. The van der Waals surface area contributed by atoms with Gasteiger partial charge in [-0.05, 0) is 11.6 Å². The summed E-state index contributed by atoms with van der Waals surface area (Å²) < 4.78 is 40.0. The van der Waals surface area contributed by atoms with Crippen LogP contribution in [0.25, 0.3) is 11.7 Å². The highest BCUT2D eigenvalue weighted by Crippen LogP contribution is 2.34. The summed E-state index contributed by atoms with van der Waals surface area (Å²) in [6.07, 6.45) is -1.02. The van der Waals surface area contributed by atoms with E-state index in [1.807, 2.05) is 0 Å². The van der Waals surface area contributed by atoms with E-state index in [-0.39, 0.29) is 12.2 Å². The average Bonchev–Trinajstić information content (AvgIpc) is 2.72. The largest absolute Gasteiger partial charge is 0.476 e. The number of aromatic carboxylic acids is 1. The summed E-state index contributed by atoms with van der Waals surface area (Å²) in [6, 6.07) is 0.802. The highest BCUT2D eigenvalue weighted by Gasteiger charge is 2.35. The van der Waals surface area contributed by atoms with Gasteiger partial charge in [-0.3, -0.25) is 4.40 Å². The van der Waals surface area contributed by atoms with Crippen LogP contribution in [0.1, 0.15) is 21.6 Å². The molecule has 0 aromatic carbocycles. The van der Waals surface area contributed by atoms with Crippen LogP contribution in [-0.4, -0.2) is 32.2 Å². The van der Waals surface area contributed by atoms with Crippen LogP contribution in [0.2, 0.25) is 5.15 Å². The van der Waals surface area contributed by atoms with E-state index in [2.05, 4.69) is 4.98 Å². The Morgan fingerprint density at radius 1 is 1.48 bits per heavy atom. The second-order valence-corrected chi connectivity index (χ2v) is 4.38. The lowest BCUT2D eigenvalue weighted by Gasteiger charge is -2.09. The minimum Gasteiger partial charge on any atom is -0.476 e. The van der Waals surface area contributed by atoms with Gasteiger partial charge in [-0.25, -0.2) is 9.78 Å². The number of fused-ring (bicyclic) bond motifs is 1. The predicted octanol–water partition coefficient (Wildman–Crippen LogP) is 2.71. The lowest BCUT2D eigenvalue weighted by Crippen LogP contribution is -2.08. The van der Waals surface area contributed by atoms with Crippen molar-refractivity contribution in [2.24, 2.45) is 0 Å². The van der Waals surface area contributed by atoms with Crippen LogP contribution < -0.4 is 0 Å². The van der Waals surface area contributed by atoms with Crippen molar-refractivity contribution in [2.75, 3.05) is 6.61 Å². The Kier molecular flexibility index (Phi) is 3.93. The molecule has 0 unspecified atom stereocenters. The van der Waals surface area contributed by atoms with Crippen LogP contribution in [0.15, 0.2) is 18.3 Å². The first kappa shape index (κ1) is 15.3. The smallest absolute Gasteiger partial charge is 0.420 e. The minimum atomic E-state index is -4.73. The number of halogens is 4. The van der Waals surface area contributed by atoms with Crippen LogP contribution in [-0.2, 0) is 6.18 Å². The van der Waals surface area contributed by atoms with E-state index in [1.54, 1.807) is 0 Å². The van der Waals surface area contributed by atoms with Gasteiger partial charge in [0, 0.05) is 6.20 Å². The zero-order valence-electron chi connectivity index (χ0n) is 10.2. The molecule has 2 aromatic rings. The van der Waals surface area contributed by atoms with Crippen LogP contribution in [0.3, 0.4) is 0 Å². The van der Waals surface area contributed by atoms with Crippen LogP contribution in [0, 0.1) is 0 Å². The summed E-state index contributed by atoms with van der Waals surface area (Å²) in [5.74, 6) is -1.52. The Morgan fingerprint density at radius 3 is 2.67 bits per heavy atom. The van der Waals surface area contributed by atoms with Gasteiger partial charge >= 0.3 is 12.1 Å². The number of imidazole rings is 1. The molecule has 2 aromatic heterocycles. The molecule has 21 heavy (non-hydrogen) atoms. The summed E-state index contributed by atoms with van der Waals surface area (Å²) in [5.41, 5.74) is -2.27. The molecular formula is C12H8ClF3N2O3. The Hall–Kier alpha value is -2.06. The first-order chi connectivity index (χ1) is 9.75. The average molecular weight is 321 g/mol. The number of carbonyl (C=O) groups is 1. The monoisotopic (exact) mass is 320 g/mol. The summed E-state index contributed by atoms with van der Waals surface area (Å²) in [6.45, 7) is -0.350. The second-order valence-electron chi connectivity index (χ2n) is 4.02. The molecule has 5 nitrogen and oxygen atoms in total. The van der Waals surface area contributed by atoms with E-state index >= 15 is 0 Å². The first-order valence-corrected chi connectivity index (χ1v) is 5.93. The molecule has 2 rings (SSSR count). The minimum absolute atomic E-state index is 0.0973. The van der Waals surface area contributed by atoms with Gasteiger partial charge < -0.3 is 10.2 Å². The molecule has 0 saturated heterocycles. The maximum Gasteiger partial charge on any atom is 0.420 e. The van der Waals surface area contributed by atoms with Crippen molar-refractivity contribution in [3.05, 3.63) is 40.3 Å². The molecule has 0 radical (unpaired) electrons. The van der Waals surface area contributed by atoms with Gasteiger partial charge in [0.15, 0.2) is 11.3 Å². The molecule has 9 heteroatoms. The number of rotatable bonds is 3. The summed E-state index contributed by atoms with van der Waals surface area (Å²) in [7, 11) is 0. The van der Waals surface area contributed by atoms with Gasteiger partial charge in [-0.1, -0.05) is 23.8 Å². The number of alkyl halides is 3. The molecule has 0 aliphatic heterocycles. The van der Waals surface area contributed by atoms with Crippen LogP contribution in [0.5, 0.6) is 0 Å². The van der Waals surface area contributed by atoms with Gasteiger partial charge in [-0.2, -0.15) is 13.2 Å². The van der Waals surface area contributed by atoms with E-state index in [0.29, 0.717) is 0 Å². The van der Waals surface area contributed by atoms with E-state index in [1.165, 1.54) is 18.3 Å².